The van der Waals surface area contributed by atoms with Crippen molar-refractivity contribution >= 4 is 26.7 Å². The Labute approximate surface area is 112 Å². The number of hydrogen-bond donors (Lipinski definition) is 1. The lowest BCUT2D eigenvalue weighted by Crippen LogP contribution is -2.42. The fourth-order valence-corrected chi connectivity index (χ4v) is 3.47. The first-order chi connectivity index (χ1) is 8.72. The number of nitrogens with zero attached hydrogens (tertiary/aromatic N) is 2. The van der Waals surface area contributed by atoms with Gasteiger partial charge in [-0.2, -0.15) is 0 Å². The molecule has 1 aliphatic rings. The summed E-state index contributed by atoms with van der Waals surface area (Å²) in [5, 5.41) is 4.67. The van der Waals surface area contributed by atoms with Gasteiger partial charge < -0.3 is 10.2 Å². The zero-order valence-corrected chi connectivity index (χ0v) is 11.7. The van der Waals surface area contributed by atoms with Gasteiger partial charge in [-0.25, -0.2) is 4.98 Å². The Morgan fingerprint density at radius 1 is 1.39 bits per heavy atom. The molecule has 18 heavy (non-hydrogen) atoms. The fourth-order valence-electron chi connectivity index (χ4n) is 2.53. The molecule has 1 fully saturated rings. The van der Waals surface area contributed by atoms with Crippen molar-refractivity contribution in [3.63, 3.8) is 0 Å². The molecule has 1 saturated heterocycles. The number of hydrogen-bond acceptors (Lipinski definition) is 4. The van der Waals surface area contributed by atoms with Gasteiger partial charge in [0.1, 0.15) is 0 Å². The molecule has 2 unspecified atom stereocenters. The molecule has 0 spiro atoms. The highest BCUT2D eigenvalue weighted by Gasteiger charge is 2.23. The van der Waals surface area contributed by atoms with E-state index in [2.05, 4.69) is 47.4 Å². The van der Waals surface area contributed by atoms with Gasteiger partial charge >= 0.3 is 0 Å². The lowest BCUT2D eigenvalue weighted by molar-refractivity contribution is 0.190. The van der Waals surface area contributed by atoms with Gasteiger partial charge in [0.05, 0.1) is 10.2 Å². The van der Waals surface area contributed by atoms with Crippen LogP contribution in [0.3, 0.4) is 0 Å². The molecule has 0 saturated carbocycles. The molecule has 3 rings (SSSR count). The number of nitrogens with one attached hydrogen (secondary N) is 1. The summed E-state index contributed by atoms with van der Waals surface area (Å²) >= 11 is 1.76. The van der Waals surface area contributed by atoms with E-state index in [0.717, 1.165) is 10.6 Å². The third kappa shape index (κ3) is 2.35. The Hall–Kier alpha value is -1.13. The van der Waals surface area contributed by atoms with Crippen LogP contribution in [0, 0.1) is 0 Å². The van der Waals surface area contributed by atoms with Crippen LogP contribution in [0.4, 0.5) is 5.13 Å². The summed E-state index contributed by atoms with van der Waals surface area (Å²) in [5.74, 6) is 0. The first-order valence-corrected chi connectivity index (χ1v) is 7.36. The van der Waals surface area contributed by atoms with E-state index in [-0.39, 0.29) is 0 Å². The van der Waals surface area contributed by atoms with E-state index >= 15 is 0 Å². The molecule has 1 N–H and O–H groups in total. The van der Waals surface area contributed by atoms with Gasteiger partial charge in [-0.3, -0.25) is 0 Å². The molecule has 1 aromatic carbocycles. The SMILES string of the molecule is CC1CC(Nc2nc3ccccc3s2)CCN1C. The predicted molar refractivity (Wildman–Crippen MR) is 78.4 cm³/mol. The molecule has 0 radical (unpaired) electrons. The smallest absolute Gasteiger partial charge is 0.184 e. The molecule has 96 valence electrons. The summed E-state index contributed by atoms with van der Waals surface area (Å²) in [6.07, 6.45) is 2.41. The van der Waals surface area contributed by atoms with Crippen LogP contribution in [0.15, 0.2) is 24.3 Å². The number of thiazole rings is 1. The lowest BCUT2D eigenvalue weighted by Gasteiger charge is -2.35. The summed E-state index contributed by atoms with van der Waals surface area (Å²) in [6.45, 7) is 3.47. The van der Waals surface area contributed by atoms with E-state index in [1.54, 1.807) is 11.3 Å². The molecule has 0 amide bonds. The van der Waals surface area contributed by atoms with Crippen molar-refractivity contribution in [1.29, 1.82) is 0 Å². The first-order valence-electron chi connectivity index (χ1n) is 6.55. The number of fused-ring (bicyclic) bond motifs is 1. The van der Waals surface area contributed by atoms with Gasteiger partial charge in [-0.05, 0) is 38.9 Å². The standard InChI is InChI=1S/C14H19N3S/c1-10-9-11(7-8-17(10)2)15-14-16-12-5-3-4-6-13(12)18-14/h3-6,10-11H,7-9H2,1-2H3,(H,15,16). The van der Waals surface area contributed by atoms with Crippen molar-refractivity contribution in [2.75, 3.05) is 18.9 Å². The van der Waals surface area contributed by atoms with Crippen molar-refractivity contribution < 1.29 is 0 Å². The molecule has 2 atom stereocenters. The predicted octanol–water partition coefficient (Wildman–Crippen LogP) is 3.19. The summed E-state index contributed by atoms with van der Waals surface area (Å²) in [7, 11) is 2.21. The fraction of sp³-hybridized carbons (Fsp3) is 0.500. The molecule has 2 heterocycles. The largest absolute Gasteiger partial charge is 0.359 e. The molecule has 4 heteroatoms. The number of likely N-dealkylation sites (tertiary alicyclic amines) is 1. The number of para-hydroxylation sites is 1. The van der Waals surface area contributed by atoms with Crippen molar-refractivity contribution in [1.82, 2.24) is 9.88 Å². The monoisotopic (exact) mass is 261 g/mol. The van der Waals surface area contributed by atoms with Crippen LogP contribution in [0.25, 0.3) is 10.2 Å². The van der Waals surface area contributed by atoms with Crippen LogP contribution >= 0.6 is 11.3 Å². The Morgan fingerprint density at radius 2 is 2.22 bits per heavy atom. The second kappa shape index (κ2) is 4.86. The summed E-state index contributed by atoms with van der Waals surface area (Å²) < 4.78 is 1.26. The highest BCUT2D eigenvalue weighted by atomic mass is 32.1. The Kier molecular flexibility index (Phi) is 3.22. The number of benzene rings is 1. The maximum Gasteiger partial charge on any atom is 0.184 e. The van der Waals surface area contributed by atoms with Crippen LogP contribution in [0.1, 0.15) is 19.8 Å². The van der Waals surface area contributed by atoms with Gasteiger partial charge in [0.25, 0.3) is 0 Å². The highest BCUT2D eigenvalue weighted by Crippen LogP contribution is 2.27. The summed E-state index contributed by atoms with van der Waals surface area (Å²) in [6, 6.07) is 9.55. The van der Waals surface area contributed by atoms with Gasteiger partial charge in [-0.1, -0.05) is 23.5 Å². The number of piperidine rings is 1. The van der Waals surface area contributed by atoms with Crippen molar-refractivity contribution in [3.8, 4) is 0 Å². The molecule has 2 aromatic rings. The van der Waals surface area contributed by atoms with Crippen molar-refractivity contribution in [2.24, 2.45) is 0 Å². The third-order valence-electron chi connectivity index (χ3n) is 3.83. The van der Waals surface area contributed by atoms with E-state index in [0.29, 0.717) is 12.1 Å². The first kappa shape index (κ1) is 11.9. The Balaban J connectivity index is 1.72. The Bertz CT molecular complexity index is 504. The van der Waals surface area contributed by atoms with Crippen LogP contribution in [-0.2, 0) is 0 Å². The lowest BCUT2D eigenvalue weighted by atomic mass is 9.99. The average Bonchev–Trinajstić information content (AvgIpc) is 2.76. The van der Waals surface area contributed by atoms with E-state index in [9.17, 15) is 0 Å². The minimum absolute atomic E-state index is 0.566. The topological polar surface area (TPSA) is 28.2 Å². The normalized spacial score (nSPS) is 25.4. The second-order valence-electron chi connectivity index (χ2n) is 5.18. The number of aromatic nitrogens is 1. The minimum atomic E-state index is 0.566. The molecule has 1 aromatic heterocycles. The molecule has 1 aliphatic heterocycles. The van der Waals surface area contributed by atoms with Crippen LogP contribution in [0.5, 0.6) is 0 Å². The maximum atomic E-state index is 4.64. The van der Waals surface area contributed by atoms with Crippen LogP contribution < -0.4 is 5.32 Å². The molecule has 0 bridgehead atoms. The zero-order valence-electron chi connectivity index (χ0n) is 10.9. The minimum Gasteiger partial charge on any atom is -0.359 e. The molecular weight excluding hydrogens is 242 g/mol. The van der Waals surface area contributed by atoms with E-state index in [4.69, 9.17) is 0 Å². The summed E-state index contributed by atoms with van der Waals surface area (Å²) in [5.41, 5.74) is 1.10. The van der Waals surface area contributed by atoms with Crippen molar-refractivity contribution in [3.05, 3.63) is 24.3 Å². The van der Waals surface area contributed by atoms with Gasteiger partial charge in [0.15, 0.2) is 5.13 Å². The average molecular weight is 261 g/mol. The van der Waals surface area contributed by atoms with Crippen LogP contribution in [-0.4, -0.2) is 35.6 Å². The zero-order chi connectivity index (χ0) is 12.5. The molecule has 3 nitrogen and oxygen atoms in total. The molecule has 0 aliphatic carbocycles. The second-order valence-corrected chi connectivity index (χ2v) is 6.21. The van der Waals surface area contributed by atoms with Crippen molar-refractivity contribution in [2.45, 2.75) is 31.8 Å². The maximum absolute atomic E-state index is 4.64. The number of rotatable bonds is 2. The van der Waals surface area contributed by atoms with Gasteiger partial charge in [-0.15, -0.1) is 0 Å². The van der Waals surface area contributed by atoms with Gasteiger partial charge in [0.2, 0.25) is 0 Å². The third-order valence-corrected chi connectivity index (χ3v) is 4.80. The van der Waals surface area contributed by atoms with Gasteiger partial charge in [0, 0.05) is 18.6 Å². The van der Waals surface area contributed by atoms with E-state index in [1.165, 1.54) is 24.1 Å². The summed E-state index contributed by atoms with van der Waals surface area (Å²) in [4.78, 5) is 7.07. The van der Waals surface area contributed by atoms with E-state index in [1.807, 2.05) is 6.07 Å². The quantitative estimate of drug-likeness (QED) is 0.900. The Morgan fingerprint density at radius 3 is 3.00 bits per heavy atom. The van der Waals surface area contributed by atoms with Crippen LogP contribution in [0.2, 0.25) is 0 Å². The highest BCUT2D eigenvalue weighted by molar-refractivity contribution is 7.22. The molecular formula is C14H19N3S. The number of anilines is 1. The van der Waals surface area contributed by atoms with E-state index < -0.39 is 0 Å².